The molecule has 3 heterocycles. The van der Waals surface area contributed by atoms with Crippen LogP contribution in [0.4, 0.5) is 5.82 Å². The van der Waals surface area contributed by atoms with E-state index in [1.54, 1.807) is 10.7 Å². The second-order valence-electron chi connectivity index (χ2n) is 8.64. The van der Waals surface area contributed by atoms with Gasteiger partial charge in [0.2, 0.25) is 5.91 Å². The third kappa shape index (κ3) is 5.79. The monoisotopic (exact) mass is 575 g/mol. The van der Waals surface area contributed by atoms with E-state index in [2.05, 4.69) is 20.5 Å². The molecular weight excluding hydrogens is 550 g/mol. The van der Waals surface area contributed by atoms with Crippen molar-refractivity contribution in [2.45, 2.75) is 23.3 Å². The van der Waals surface area contributed by atoms with Gasteiger partial charge in [0.1, 0.15) is 16.0 Å². The number of hydrogen-bond acceptors (Lipinski definition) is 8. The normalized spacial score (nSPS) is 15.9. The molecule has 0 aliphatic carbocycles. The summed E-state index contributed by atoms with van der Waals surface area (Å²) >= 11 is 6.92. The highest BCUT2D eigenvalue weighted by Gasteiger charge is 2.23. The molecule has 2 aromatic heterocycles. The van der Waals surface area contributed by atoms with E-state index in [9.17, 15) is 13.2 Å². The van der Waals surface area contributed by atoms with Crippen molar-refractivity contribution in [2.75, 3.05) is 31.6 Å². The number of ether oxygens (including phenoxy) is 2. The Kier molecular flexibility index (Phi) is 7.86. The van der Waals surface area contributed by atoms with E-state index in [1.807, 2.05) is 36.4 Å². The fourth-order valence-electron chi connectivity index (χ4n) is 4.24. The summed E-state index contributed by atoms with van der Waals surface area (Å²) in [5.41, 5.74) is 2.56. The maximum Gasteiger partial charge on any atom is 0.272 e. The molecule has 1 fully saturated rings. The quantitative estimate of drug-likeness (QED) is 0.280. The predicted molar refractivity (Wildman–Crippen MR) is 146 cm³/mol. The number of methoxy groups -OCH3 is 1. The molecular formula is C25H26ClN5O5S2. The van der Waals surface area contributed by atoms with Gasteiger partial charge in [-0.15, -0.1) is 11.3 Å². The smallest absolute Gasteiger partial charge is 0.272 e. The number of sulfonamides is 1. The van der Waals surface area contributed by atoms with Crippen molar-refractivity contribution in [1.82, 2.24) is 20.4 Å². The Morgan fingerprint density at radius 2 is 2.05 bits per heavy atom. The van der Waals surface area contributed by atoms with Crippen LogP contribution in [0.5, 0.6) is 5.75 Å². The van der Waals surface area contributed by atoms with Gasteiger partial charge in [0.05, 0.1) is 42.1 Å². The molecule has 0 saturated carbocycles. The summed E-state index contributed by atoms with van der Waals surface area (Å²) in [6.45, 7) is 2.34. The van der Waals surface area contributed by atoms with Crippen molar-refractivity contribution in [3.63, 3.8) is 0 Å². The molecule has 5 rings (SSSR count). The molecule has 4 aromatic rings. The van der Waals surface area contributed by atoms with Gasteiger partial charge in [-0.25, -0.2) is 8.42 Å². The molecule has 0 unspecified atom stereocenters. The lowest BCUT2D eigenvalue weighted by molar-refractivity contribution is -0.126. The molecule has 38 heavy (non-hydrogen) atoms. The number of hydrogen-bond donors (Lipinski definition) is 3. The number of aromatic nitrogens is 2. The van der Waals surface area contributed by atoms with Gasteiger partial charge in [0.25, 0.3) is 10.0 Å². The largest absolute Gasteiger partial charge is 0.496 e. The zero-order valence-corrected chi connectivity index (χ0v) is 22.8. The number of amides is 1. The molecule has 10 nitrogen and oxygen atoms in total. The summed E-state index contributed by atoms with van der Waals surface area (Å²) in [6, 6.07) is 15.8. The molecule has 1 atom stereocenters. The zero-order chi connectivity index (χ0) is 26.7. The molecule has 0 spiro atoms. The lowest BCUT2D eigenvalue weighted by atomic mass is 10.1. The van der Waals surface area contributed by atoms with Crippen LogP contribution in [0, 0.1) is 0 Å². The zero-order valence-electron chi connectivity index (χ0n) is 20.4. The number of carbonyl (C=O) groups excluding carboxylic acids is 1. The van der Waals surface area contributed by atoms with Crippen LogP contribution in [0.2, 0.25) is 4.34 Å². The Balaban J connectivity index is 1.39. The van der Waals surface area contributed by atoms with Gasteiger partial charge in [-0.3, -0.25) is 14.2 Å². The first-order valence-corrected chi connectivity index (χ1v) is 14.5. The van der Waals surface area contributed by atoms with E-state index in [0.717, 1.165) is 22.5 Å². The molecule has 1 aliphatic heterocycles. The SMILES string of the molecule is COc1cccc2c1c(NS(=O)(=O)c1ccc(Cl)s1)nn2Cc1cccc(CNC(=O)[C@H]2COCCN2)c1. The van der Waals surface area contributed by atoms with Crippen LogP contribution in [-0.4, -0.2) is 57.0 Å². The number of benzene rings is 2. The maximum atomic E-state index is 13.0. The second kappa shape index (κ2) is 11.3. The molecule has 1 amide bonds. The number of morpholine rings is 1. The third-order valence-electron chi connectivity index (χ3n) is 6.03. The van der Waals surface area contributed by atoms with Crippen LogP contribution in [-0.2, 0) is 32.6 Å². The first-order valence-electron chi connectivity index (χ1n) is 11.8. The van der Waals surface area contributed by atoms with Crippen molar-refractivity contribution in [2.24, 2.45) is 0 Å². The third-order valence-corrected chi connectivity index (χ3v) is 9.09. The van der Waals surface area contributed by atoms with E-state index in [1.165, 1.54) is 19.2 Å². The number of fused-ring (bicyclic) bond motifs is 1. The number of halogens is 1. The van der Waals surface area contributed by atoms with Crippen molar-refractivity contribution in [3.05, 3.63) is 70.1 Å². The highest BCUT2D eigenvalue weighted by molar-refractivity contribution is 7.94. The minimum absolute atomic E-state index is 0.0878. The number of nitrogens with one attached hydrogen (secondary N) is 3. The fraction of sp³-hybridized carbons (Fsp3) is 0.280. The van der Waals surface area contributed by atoms with Gasteiger partial charge in [0.15, 0.2) is 5.82 Å². The second-order valence-corrected chi connectivity index (χ2v) is 12.3. The summed E-state index contributed by atoms with van der Waals surface area (Å²) in [7, 11) is -2.38. The van der Waals surface area contributed by atoms with E-state index in [-0.39, 0.29) is 22.0 Å². The Morgan fingerprint density at radius 3 is 2.79 bits per heavy atom. The Bertz CT molecular complexity index is 1560. The summed E-state index contributed by atoms with van der Waals surface area (Å²) in [5, 5.41) is 11.2. The van der Waals surface area contributed by atoms with Crippen LogP contribution in [0.15, 0.2) is 58.8 Å². The summed E-state index contributed by atoms with van der Waals surface area (Å²) in [6.07, 6.45) is 0. The summed E-state index contributed by atoms with van der Waals surface area (Å²) in [5.74, 6) is 0.546. The van der Waals surface area contributed by atoms with Crippen molar-refractivity contribution in [3.8, 4) is 5.75 Å². The number of thiophene rings is 1. The van der Waals surface area contributed by atoms with Crippen LogP contribution in [0.3, 0.4) is 0 Å². The van der Waals surface area contributed by atoms with Crippen LogP contribution >= 0.6 is 22.9 Å². The lowest BCUT2D eigenvalue weighted by Gasteiger charge is -2.22. The molecule has 200 valence electrons. The minimum atomic E-state index is -3.90. The minimum Gasteiger partial charge on any atom is -0.496 e. The molecule has 1 aliphatic rings. The van der Waals surface area contributed by atoms with Crippen molar-refractivity contribution >= 4 is 55.6 Å². The van der Waals surface area contributed by atoms with Crippen LogP contribution in [0.25, 0.3) is 10.9 Å². The van der Waals surface area contributed by atoms with Gasteiger partial charge < -0.3 is 20.1 Å². The van der Waals surface area contributed by atoms with E-state index < -0.39 is 10.0 Å². The summed E-state index contributed by atoms with van der Waals surface area (Å²) < 4.78 is 41.7. The van der Waals surface area contributed by atoms with Gasteiger partial charge in [-0.2, -0.15) is 5.10 Å². The maximum absolute atomic E-state index is 13.0. The molecule has 0 bridgehead atoms. The number of rotatable bonds is 9. The number of nitrogens with zero attached hydrogens (tertiary/aromatic N) is 2. The first-order chi connectivity index (χ1) is 18.3. The highest BCUT2D eigenvalue weighted by atomic mass is 35.5. The van der Waals surface area contributed by atoms with Crippen LogP contribution < -0.4 is 20.1 Å². The van der Waals surface area contributed by atoms with E-state index in [0.29, 0.717) is 53.8 Å². The Hall–Kier alpha value is -3.16. The van der Waals surface area contributed by atoms with Crippen molar-refractivity contribution < 1.29 is 22.7 Å². The highest BCUT2D eigenvalue weighted by Crippen LogP contribution is 2.35. The standard InChI is InChI=1S/C25H26ClN5O5S2/c1-35-20-7-3-6-19-23(20)24(30-38(33,34)22-9-8-21(26)37-22)29-31(19)14-17-5-2-4-16(12-17)13-28-25(32)18-15-36-11-10-27-18/h2-9,12,18,27H,10-11,13-15H2,1H3,(H,28,32)(H,29,30)/t18-/m1/s1. The topological polar surface area (TPSA) is 124 Å². The van der Waals surface area contributed by atoms with Crippen molar-refractivity contribution in [1.29, 1.82) is 0 Å². The average molecular weight is 576 g/mol. The molecule has 0 radical (unpaired) electrons. The van der Waals surface area contributed by atoms with Gasteiger partial charge >= 0.3 is 0 Å². The van der Waals surface area contributed by atoms with Crippen LogP contribution in [0.1, 0.15) is 11.1 Å². The first kappa shape index (κ1) is 26.4. The summed E-state index contributed by atoms with van der Waals surface area (Å²) in [4.78, 5) is 12.4. The lowest BCUT2D eigenvalue weighted by Crippen LogP contribution is -2.51. The van der Waals surface area contributed by atoms with Gasteiger partial charge in [-0.1, -0.05) is 41.9 Å². The predicted octanol–water partition coefficient (Wildman–Crippen LogP) is 3.21. The Labute approximate surface area is 228 Å². The average Bonchev–Trinajstić information content (AvgIpc) is 3.52. The molecule has 3 N–H and O–H groups in total. The Morgan fingerprint density at radius 1 is 1.24 bits per heavy atom. The number of anilines is 1. The fourth-order valence-corrected chi connectivity index (χ4v) is 6.73. The molecule has 1 saturated heterocycles. The van der Waals surface area contributed by atoms with Gasteiger partial charge in [0, 0.05) is 13.1 Å². The van der Waals surface area contributed by atoms with Gasteiger partial charge in [-0.05, 0) is 35.4 Å². The number of carbonyl (C=O) groups is 1. The molecule has 2 aromatic carbocycles. The van der Waals surface area contributed by atoms with E-state index >= 15 is 0 Å². The van der Waals surface area contributed by atoms with E-state index in [4.69, 9.17) is 21.1 Å². The molecule has 13 heteroatoms.